The van der Waals surface area contributed by atoms with E-state index in [1.54, 1.807) is 6.08 Å². The minimum atomic E-state index is -0.346. The lowest BCUT2D eigenvalue weighted by atomic mass is 10.1. The van der Waals surface area contributed by atoms with Crippen LogP contribution in [0, 0.1) is 0 Å². The van der Waals surface area contributed by atoms with Gasteiger partial charge >= 0.3 is 0 Å². The Morgan fingerprint density at radius 1 is 1.29 bits per heavy atom. The van der Waals surface area contributed by atoms with Crippen molar-refractivity contribution in [2.24, 2.45) is 5.10 Å². The van der Waals surface area contributed by atoms with Crippen molar-refractivity contribution in [3.05, 3.63) is 35.9 Å². The van der Waals surface area contributed by atoms with E-state index in [9.17, 15) is 4.79 Å². The summed E-state index contributed by atoms with van der Waals surface area (Å²) >= 11 is 3.71. The average molecular weight is 204 g/mol. The fourth-order valence-corrected chi connectivity index (χ4v) is 1.31. The molecule has 0 spiro atoms. The quantitative estimate of drug-likeness (QED) is 0.686. The van der Waals surface area contributed by atoms with Crippen molar-refractivity contribution in [1.29, 1.82) is 0 Å². The molecule has 0 fully saturated rings. The number of hydrogen-bond donors (Lipinski definition) is 2. The monoisotopic (exact) mass is 204 g/mol. The van der Waals surface area contributed by atoms with Gasteiger partial charge in [-0.05, 0) is 17.7 Å². The van der Waals surface area contributed by atoms with E-state index in [-0.39, 0.29) is 5.12 Å². The number of hydrogen-bond acceptors (Lipinski definition) is 3. The molecule has 1 heterocycles. The second-order valence-corrected chi connectivity index (χ2v) is 3.24. The lowest BCUT2D eigenvalue weighted by Crippen LogP contribution is -2.05. The van der Waals surface area contributed by atoms with E-state index in [4.69, 9.17) is 0 Å². The highest BCUT2D eigenvalue weighted by Crippen LogP contribution is 2.18. The molecule has 0 radical (unpaired) electrons. The summed E-state index contributed by atoms with van der Waals surface area (Å²) in [6, 6.07) is 7.68. The molecule has 1 N–H and O–H groups in total. The first-order chi connectivity index (χ1) is 6.77. The van der Waals surface area contributed by atoms with Gasteiger partial charge in [-0.2, -0.15) is 5.10 Å². The molecule has 0 atom stereocenters. The fourth-order valence-electron chi connectivity index (χ4n) is 1.19. The van der Waals surface area contributed by atoms with Crippen LogP contribution < -0.4 is 5.43 Å². The molecule has 14 heavy (non-hydrogen) atoms. The van der Waals surface area contributed by atoms with E-state index in [0.29, 0.717) is 5.71 Å². The number of para-hydroxylation sites is 1. The molecule has 2 rings (SSSR count). The van der Waals surface area contributed by atoms with Crippen LogP contribution in [0.2, 0.25) is 0 Å². The van der Waals surface area contributed by atoms with Gasteiger partial charge in [-0.25, -0.2) is 0 Å². The Balaban J connectivity index is 2.41. The van der Waals surface area contributed by atoms with Gasteiger partial charge < -0.3 is 0 Å². The number of allylic oxidation sites excluding steroid dienone is 1. The number of nitrogens with zero attached hydrogens (tertiary/aromatic N) is 1. The van der Waals surface area contributed by atoms with E-state index in [2.05, 4.69) is 23.2 Å². The molecule has 1 aliphatic rings. The lowest BCUT2D eigenvalue weighted by Gasteiger charge is -2.01. The summed E-state index contributed by atoms with van der Waals surface area (Å²) in [6.07, 6.45) is 3.48. The maximum atomic E-state index is 10.9. The van der Waals surface area contributed by atoms with Crippen molar-refractivity contribution >= 4 is 35.2 Å². The van der Waals surface area contributed by atoms with E-state index in [0.717, 1.165) is 11.3 Å². The molecule has 0 saturated heterocycles. The highest BCUT2D eigenvalue weighted by Gasteiger charge is 2.07. The van der Waals surface area contributed by atoms with Gasteiger partial charge in [-0.1, -0.05) is 36.9 Å². The Hall–Kier alpha value is -1.55. The number of nitrogens with one attached hydrogen (secondary N) is 1. The molecule has 4 heteroatoms. The van der Waals surface area contributed by atoms with E-state index < -0.39 is 0 Å². The summed E-state index contributed by atoms with van der Waals surface area (Å²) in [5.74, 6) is 0. The van der Waals surface area contributed by atoms with Crippen LogP contribution in [0.4, 0.5) is 5.69 Å². The molecule has 0 saturated carbocycles. The van der Waals surface area contributed by atoms with Gasteiger partial charge in [0, 0.05) is 0 Å². The standard InChI is InChI=1S/C10H8N2OS/c13-10(14)9-6-5-7-3-1-2-4-8(7)11-12-9/h1-6,11H,(H,13,14). The first kappa shape index (κ1) is 9.02. The Morgan fingerprint density at radius 3 is 2.86 bits per heavy atom. The van der Waals surface area contributed by atoms with Crippen LogP contribution >= 0.6 is 12.6 Å². The van der Waals surface area contributed by atoms with Gasteiger partial charge in [0.15, 0.2) is 0 Å². The number of carbonyl (C=O) groups excluding carboxylic acids is 1. The van der Waals surface area contributed by atoms with E-state index in [1.165, 1.54) is 0 Å². The molecular formula is C10H8N2OS. The molecule has 1 aromatic carbocycles. The Bertz CT molecular complexity index is 438. The minimum Gasteiger partial charge on any atom is -0.280 e. The predicted octanol–water partition coefficient (Wildman–Crippen LogP) is 1.94. The van der Waals surface area contributed by atoms with Crippen molar-refractivity contribution in [3.63, 3.8) is 0 Å². The van der Waals surface area contributed by atoms with Crippen LogP contribution in [0.5, 0.6) is 0 Å². The van der Waals surface area contributed by atoms with Gasteiger partial charge in [0.25, 0.3) is 0 Å². The third kappa shape index (κ3) is 1.70. The summed E-state index contributed by atoms with van der Waals surface area (Å²) in [5, 5.41) is 3.57. The minimum absolute atomic E-state index is 0.310. The maximum absolute atomic E-state index is 10.9. The topological polar surface area (TPSA) is 41.5 Å². The molecule has 0 unspecified atom stereocenters. The normalized spacial score (nSPS) is 13.6. The van der Waals surface area contributed by atoms with Gasteiger partial charge in [0.05, 0.1) is 5.69 Å². The first-order valence-corrected chi connectivity index (χ1v) is 4.56. The number of anilines is 1. The Labute approximate surface area is 86.9 Å². The molecule has 3 nitrogen and oxygen atoms in total. The van der Waals surface area contributed by atoms with Crippen LogP contribution in [0.1, 0.15) is 5.56 Å². The van der Waals surface area contributed by atoms with Crippen molar-refractivity contribution in [2.75, 3.05) is 5.43 Å². The molecule has 1 aliphatic heterocycles. The van der Waals surface area contributed by atoms with Gasteiger partial charge in [0.1, 0.15) is 5.71 Å². The first-order valence-electron chi connectivity index (χ1n) is 4.11. The zero-order valence-electron chi connectivity index (χ0n) is 7.27. The smallest absolute Gasteiger partial charge is 0.236 e. The maximum Gasteiger partial charge on any atom is 0.236 e. The zero-order valence-corrected chi connectivity index (χ0v) is 8.16. The molecule has 0 amide bonds. The summed E-state index contributed by atoms with van der Waals surface area (Å²) in [5.41, 5.74) is 5.01. The number of hydrazone groups is 1. The second-order valence-electron chi connectivity index (χ2n) is 2.83. The SMILES string of the molecule is O=C(S)C1=NNc2ccccc2C=C1. The van der Waals surface area contributed by atoms with Crippen LogP contribution in [0.15, 0.2) is 35.4 Å². The number of carbonyl (C=O) groups is 1. The number of thiol groups is 1. The second kappa shape index (κ2) is 3.67. The Kier molecular flexibility index (Phi) is 2.37. The number of benzene rings is 1. The third-order valence-corrected chi connectivity index (χ3v) is 2.13. The Morgan fingerprint density at radius 2 is 2.07 bits per heavy atom. The van der Waals surface area contributed by atoms with Gasteiger partial charge in [-0.3, -0.25) is 10.2 Å². The summed E-state index contributed by atoms with van der Waals surface area (Å²) in [7, 11) is 0. The number of rotatable bonds is 1. The van der Waals surface area contributed by atoms with Gasteiger partial charge in [-0.15, -0.1) is 0 Å². The zero-order chi connectivity index (χ0) is 9.97. The highest BCUT2D eigenvalue weighted by molar-refractivity contribution is 7.99. The van der Waals surface area contributed by atoms with Crippen LogP contribution in [0.3, 0.4) is 0 Å². The predicted molar refractivity (Wildman–Crippen MR) is 60.5 cm³/mol. The van der Waals surface area contributed by atoms with Crippen molar-refractivity contribution in [2.45, 2.75) is 0 Å². The summed E-state index contributed by atoms with van der Waals surface area (Å²) in [6.45, 7) is 0. The van der Waals surface area contributed by atoms with Crippen LogP contribution in [0.25, 0.3) is 6.08 Å². The number of fused-ring (bicyclic) bond motifs is 1. The van der Waals surface area contributed by atoms with Crippen molar-refractivity contribution < 1.29 is 4.79 Å². The van der Waals surface area contributed by atoms with Crippen LogP contribution in [-0.2, 0) is 4.79 Å². The lowest BCUT2D eigenvalue weighted by molar-refractivity contribution is -0.105. The molecule has 0 aromatic heterocycles. The van der Waals surface area contributed by atoms with Gasteiger partial charge in [0.2, 0.25) is 5.12 Å². The van der Waals surface area contributed by atoms with Crippen molar-refractivity contribution in [1.82, 2.24) is 0 Å². The summed E-state index contributed by atoms with van der Waals surface area (Å²) < 4.78 is 0. The fraction of sp³-hybridized carbons (Fsp3) is 0. The van der Waals surface area contributed by atoms with E-state index in [1.807, 2.05) is 30.3 Å². The van der Waals surface area contributed by atoms with E-state index >= 15 is 0 Å². The molecule has 1 aromatic rings. The summed E-state index contributed by atoms with van der Waals surface area (Å²) in [4.78, 5) is 10.9. The average Bonchev–Trinajstić information content (AvgIpc) is 2.39. The highest BCUT2D eigenvalue weighted by atomic mass is 32.1. The molecule has 0 aliphatic carbocycles. The van der Waals surface area contributed by atoms with Crippen LogP contribution in [-0.4, -0.2) is 10.8 Å². The molecular weight excluding hydrogens is 196 g/mol. The largest absolute Gasteiger partial charge is 0.280 e. The molecule has 70 valence electrons. The molecule has 0 bridgehead atoms. The van der Waals surface area contributed by atoms with Crippen molar-refractivity contribution in [3.8, 4) is 0 Å². The third-order valence-electron chi connectivity index (χ3n) is 1.90.